The molecule has 0 bridgehead atoms. The SMILES string of the molecule is CCOc1cccc(C(=O)N2CCO[C@](CO)(Cc3ccccc3)C2)c1. The topological polar surface area (TPSA) is 59.0 Å². The number of morpholine rings is 1. The molecule has 5 heteroatoms. The predicted octanol–water partition coefficient (Wildman–Crippen LogP) is 2.53. The molecule has 0 aromatic heterocycles. The summed E-state index contributed by atoms with van der Waals surface area (Å²) in [6, 6.07) is 17.1. The van der Waals surface area contributed by atoms with E-state index in [0.717, 1.165) is 5.56 Å². The summed E-state index contributed by atoms with van der Waals surface area (Å²) in [5.41, 5.74) is 0.894. The van der Waals surface area contributed by atoms with E-state index in [0.29, 0.717) is 44.0 Å². The molecule has 3 rings (SSSR count). The largest absolute Gasteiger partial charge is 0.494 e. The van der Waals surface area contributed by atoms with Crippen LogP contribution in [-0.4, -0.2) is 54.4 Å². The van der Waals surface area contributed by atoms with Crippen LogP contribution in [0.15, 0.2) is 54.6 Å². The van der Waals surface area contributed by atoms with Gasteiger partial charge in [-0.2, -0.15) is 0 Å². The van der Waals surface area contributed by atoms with Gasteiger partial charge in [-0.1, -0.05) is 36.4 Å². The van der Waals surface area contributed by atoms with Crippen molar-refractivity contribution >= 4 is 5.91 Å². The maximum atomic E-state index is 12.9. The number of rotatable bonds is 6. The van der Waals surface area contributed by atoms with E-state index >= 15 is 0 Å². The highest BCUT2D eigenvalue weighted by atomic mass is 16.5. The van der Waals surface area contributed by atoms with Crippen LogP contribution in [0.3, 0.4) is 0 Å². The van der Waals surface area contributed by atoms with Crippen molar-refractivity contribution in [2.24, 2.45) is 0 Å². The summed E-state index contributed by atoms with van der Waals surface area (Å²) in [7, 11) is 0. The minimum Gasteiger partial charge on any atom is -0.494 e. The molecule has 1 aliphatic rings. The first-order valence-corrected chi connectivity index (χ1v) is 8.97. The minimum atomic E-state index is -0.771. The van der Waals surface area contributed by atoms with E-state index < -0.39 is 5.60 Å². The van der Waals surface area contributed by atoms with Crippen molar-refractivity contribution in [1.82, 2.24) is 4.90 Å². The molecule has 2 aromatic rings. The Kier molecular flexibility index (Phi) is 5.91. The van der Waals surface area contributed by atoms with Crippen molar-refractivity contribution in [3.8, 4) is 5.75 Å². The quantitative estimate of drug-likeness (QED) is 0.865. The third kappa shape index (κ3) is 4.23. The first-order chi connectivity index (χ1) is 12.7. The number of aliphatic hydroxyl groups excluding tert-OH is 1. The van der Waals surface area contributed by atoms with Crippen molar-refractivity contribution < 1.29 is 19.4 Å². The first kappa shape index (κ1) is 18.4. The molecule has 2 aromatic carbocycles. The molecule has 1 saturated heterocycles. The number of hydrogen-bond donors (Lipinski definition) is 1. The Morgan fingerprint density at radius 2 is 2.04 bits per heavy atom. The van der Waals surface area contributed by atoms with E-state index in [1.165, 1.54) is 0 Å². The van der Waals surface area contributed by atoms with E-state index in [-0.39, 0.29) is 12.5 Å². The van der Waals surface area contributed by atoms with E-state index in [9.17, 15) is 9.90 Å². The Bertz CT molecular complexity index is 734. The van der Waals surface area contributed by atoms with Gasteiger partial charge in [0, 0.05) is 18.5 Å². The van der Waals surface area contributed by atoms with Gasteiger partial charge in [-0.25, -0.2) is 0 Å². The van der Waals surface area contributed by atoms with Gasteiger partial charge in [-0.15, -0.1) is 0 Å². The fourth-order valence-corrected chi connectivity index (χ4v) is 3.31. The van der Waals surface area contributed by atoms with E-state index in [4.69, 9.17) is 9.47 Å². The Labute approximate surface area is 154 Å². The molecule has 5 nitrogen and oxygen atoms in total. The summed E-state index contributed by atoms with van der Waals surface area (Å²) in [4.78, 5) is 14.7. The predicted molar refractivity (Wildman–Crippen MR) is 99.4 cm³/mol. The van der Waals surface area contributed by atoms with Gasteiger partial charge in [0.2, 0.25) is 0 Å². The molecule has 1 atom stereocenters. The standard InChI is InChI=1S/C21H25NO4/c1-2-25-19-10-6-9-18(13-19)20(24)22-11-12-26-21(15-22,16-23)14-17-7-4-3-5-8-17/h3-10,13,23H,2,11-12,14-16H2,1H3/t21-/m1/s1. The second-order valence-electron chi connectivity index (χ2n) is 6.54. The van der Waals surface area contributed by atoms with Crippen molar-refractivity contribution in [2.45, 2.75) is 18.9 Å². The number of benzene rings is 2. The second kappa shape index (κ2) is 8.34. The fraction of sp³-hybridized carbons (Fsp3) is 0.381. The monoisotopic (exact) mass is 355 g/mol. The maximum Gasteiger partial charge on any atom is 0.254 e. The zero-order valence-electron chi connectivity index (χ0n) is 15.1. The summed E-state index contributed by atoms with van der Waals surface area (Å²) in [6.45, 7) is 3.61. The van der Waals surface area contributed by atoms with Gasteiger partial charge < -0.3 is 19.5 Å². The Balaban J connectivity index is 1.76. The molecule has 1 aliphatic heterocycles. The van der Waals surface area contributed by atoms with Crippen LogP contribution in [0, 0.1) is 0 Å². The minimum absolute atomic E-state index is 0.0688. The number of hydrogen-bond acceptors (Lipinski definition) is 4. The van der Waals surface area contributed by atoms with Crippen LogP contribution in [0.4, 0.5) is 0 Å². The molecule has 138 valence electrons. The van der Waals surface area contributed by atoms with Crippen molar-refractivity contribution in [2.75, 3.05) is 32.9 Å². The maximum absolute atomic E-state index is 12.9. The van der Waals surface area contributed by atoms with Gasteiger partial charge in [0.25, 0.3) is 5.91 Å². The smallest absolute Gasteiger partial charge is 0.254 e. The number of carbonyl (C=O) groups excluding carboxylic acids is 1. The third-order valence-electron chi connectivity index (χ3n) is 4.58. The lowest BCUT2D eigenvalue weighted by molar-refractivity contribution is -0.123. The van der Waals surface area contributed by atoms with Crippen molar-refractivity contribution in [1.29, 1.82) is 0 Å². The summed E-state index contributed by atoms with van der Waals surface area (Å²) in [5, 5.41) is 10.0. The van der Waals surface area contributed by atoms with Crippen LogP contribution in [0.5, 0.6) is 5.75 Å². The lowest BCUT2D eigenvalue weighted by atomic mass is 9.93. The Morgan fingerprint density at radius 3 is 2.77 bits per heavy atom. The zero-order chi connectivity index (χ0) is 18.4. The molecule has 0 saturated carbocycles. The first-order valence-electron chi connectivity index (χ1n) is 8.97. The van der Waals surface area contributed by atoms with Gasteiger partial charge >= 0.3 is 0 Å². The summed E-state index contributed by atoms with van der Waals surface area (Å²) < 4.78 is 11.4. The molecule has 1 N–H and O–H groups in total. The van der Waals surface area contributed by atoms with Crippen LogP contribution in [0.1, 0.15) is 22.8 Å². The Morgan fingerprint density at radius 1 is 1.23 bits per heavy atom. The highest BCUT2D eigenvalue weighted by Gasteiger charge is 2.38. The van der Waals surface area contributed by atoms with Gasteiger partial charge in [0.1, 0.15) is 11.4 Å². The van der Waals surface area contributed by atoms with E-state index in [2.05, 4.69) is 0 Å². The molecule has 0 aliphatic carbocycles. The summed E-state index contributed by atoms with van der Waals surface area (Å²) in [6.07, 6.45) is 0.563. The number of ether oxygens (including phenoxy) is 2. The average molecular weight is 355 g/mol. The van der Waals surface area contributed by atoms with Gasteiger partial charge in [0.05, 0.1) is 26.4 Å². The number of nitrogens with zero attached hydrogens (tertiary/aromatic N) is 1. The van der Waals surface area contributed by atoms with E-state index in [1.807, 2.05) is 49.4 Å². The Hall–Kier alpha value is -2.37. The van der Waals surface area contributed by atoms with Crippen molar-refractivity contribution in [3.05, 3.63) is 65.7 Å². The molecule has 1 fully saturated rings. The van der Waals surface area contributed by atoms with Crippen LogP contribution < -0.4 is 4.74 Å². The highest BCUT2D eigenvalue weighted by Crippen LogP contribution is 2.25. The molecular formula is C21H25NO4. The molecule has 26 heavy (non-hydrogen) atoms. The van der Waals surface area contributed by atoms with Crippen LogP contribution in [0.2, 0.25) is 0 Å². The normalized spacial score (nSPS) is 20.0. The van der Waals surface area contributed by atoms with Crippen LogP contribution >= 0.6 is 0 Å². The molecule has 0 radical (unpaired) electrons. The van der Waals surface area contributed by atoms with E-state index in [1.54, 1.807) is 17.0 Å². The lowest BCUT2D eigenvalue weighted by Crippen LogP contribution is -2.56. The summed E-state index contributed by atoms with van der Waals surface area (Å²) in [5.74, 6) is 0.616. The number of amides is 1. The average Bonchev–Trinajstić information content (AvgIpc) is 2.69. The second-order valence-corrected chi connectivity index (χ2v) is 6.54. The van der Waals surface area contributed by atoms with Gasteiger partial charge in [-0.05, 0) is 30.7 Å². The molecule has 0 unspecified atom stereocenters. The molecule has 1 heterocycles. The summed E-state index contributed by atoms with van der Waals surface area (Å²) >= 11 is 0. The van der Waals surface area contributed by atoms with Crippen molar-refractivity contribution in [3.63, 3.8) is 0 Å². The fourth-order valence-electron chi connectivity index (χ4n) is 3.31. The highest BCUT2D eigenvalue weighted by molar-refractivity contribution is 5.94. The third-order valence-corrected chi connectivity index (χ3v) is 4.58. The number of aliphatic hydroxyl groups is 1. The van der Waals surface area contributed by atoms with Gasteiger partial charge in [-0.3, -0.25) is 4.79 Å². The number of carbonyl (C=O) groups is 1. The lowest BCUT2D eigenvalue weighted by Gasteiger charge is -2.42. The molecule has 0 spiro atoms. The molecular weight excluding hydrogens is 330 g/mol. The zero-order valence-corrected chi connectivity index (χ0v) is 15.1. The van der Waals surface area contributed by atoms with Crippen LogP contribution in [-0.2, 0) is 11.2 Å². The van der Waals surface area contributed by atoms with Crippen LogP contribution in [0.25, 0.3) is 0 Å². The van der Waals surface area contributed by atoms with Gasteiger partial charge in [0.15, 0.2) is 0 Å². The molecule has 1 amide bonds.